The molecule has 5 rings (SSSR count). The maximum absolute atomic E-state index is 13.6. The second kappa shape index (κ2) is 8.19. The maximum Gasteiger partial charge on any atom is 0.332 e. The molecular formula is C26H26N2O3S. The van der Waals surface area contributed by atoms with Gasteiger partial charge in [-0.2, -0.15) is 0 Å². The van der Waals surface area contributed by atoms with Crippen LogP contribution < -0.4 is 11.2 Å². The Bertz CT molecular complexity index is 1380. The standard InChI is InChI=1S/C26H26N2O3S/c1-26(2)15-20-21(17-31-26)32-24-22(20)23(29)27(14-13-18-9-5-3-6-10-18)25(30)28(24)16-19-11-7-4-8-12-19/h3-12H,13-17H2,1-2H3. The molecule has 6 heteroatoms. The van der Waals surface area contributed by atoms with E-state index >= 15 is 0 Å². The van der Waals surface area contributed by atoms with Gasteiger partial charge in [-0.1, -0.05) is 60.7 Å². The largest absolute Gasteiger partial charge is 0.370 e. The highest BCUT2D eigenvalue weighted by molar-refractivity contribution is 7.18. The van der Waals surface area contributed by atoms with E-state index in [2.05, 4.69) is 0 Å². The number of aromatic nitrogens is 2. The monoisotopic (exact) mass is 446 g/mol. The number of thiophene rings is 1. The average molecular weight is 447 g/mol. The van der Waals surface area contributed by atoms with Crippen LogP contribution in [0.1, 0.15) is 35.4 Å². The Morgan fingerprint density at radius 3 is 2.28 bits per heavy atom. The summed E-state index contributed by atoms with van der Waals surface area (Å²) in [6.07, 6.45) is 1.30. The van der Waals surface area contributed by atoms with Gasteiger partial charge in [-0.25, -0.2) is 4.79 Å². The number of hydrogen-bond acceptors (Lipinski definition) is 4. The second-order valence-corrected chi connectivity index (χ2v) is 10.0. The Morgan fingerprint density at radius 2 is 1.59 bits per heavy atom. The first-order valence-corrected chi connectivity index (χ1v) is 11.7. The summed E-state index contributed by atoms with van der Waals surface area (Å²) < 4.78 is 9.19. The number of rotatable bonds is 5. The maximum atomic E-state index is 13.6. The Hall–Kier alpha value is -2.96. The molecule has 2 aromatic carbocycles. The fourth-order valence-corrected chi connectivity index (χ4v) is 5.61. The summed E-state index contributed by atoms with van der Waals surface area (Å²) in [4.78, 5) is 29.0. The molecule has 0 atom stereocenters. The van der Waals surface area contributed by atoms with Crippen molar-refractivity contribution in [2.45, 2.75) is 52.0 Å². The molecule has 164 valence electrons. The van der Waals surface area contributed by atoms with Gasteiger partial charge in [0, 0.05) is 17.8 Å². The molecule has 0 unspecified atom stereocenters. The lowest BCUT2D eigenvalue weighted by atomic mass is 9.94. The first-order valence-electron chi connectivity index (χ1n) is 10.9. The van der Waals surface area contributed by atoms with Crippen molar-refractivity contribution < 1.29 is 4.74 Å². The molecule has 1 aliphatic heterocycles. The van der Waals surface area contributed by atoms with Gasteiger partial charge in [0.15, 0.2) is 0 Å². The first-order chi connectivity index (χ1) is 15.4. The van der Waals surface area contributed by atoms with Crippen LogP contribution in [0.15, 0.2) is 70.3 Å². The topological polar surface area (TPSA) is 53.2 Å². The van der Waals surface area contributed by atoms with Crippen LogP contribution in [0.2, 0.25) is 0 Å². The Kier molecular flexibility index (Phi) is 5.35. The van der Waals surface area contributed by atoms with E-state index in [-0.39, 0.29) is 16.9 Å². The number of nitrogens with zero attached hydrogens (tertiary/aromatic N) is 2. The molecule has 0 saturated carbocycles. The van der Waals surface area contributed by atoms with E-state index in [9.17, 15) is 9.59 Å². The van der Waals surface area contributed by atoms with Gasteiger partial charge in [-0.3, -0.25) is 13.9 Å². The number of hydrogen-bond donors (Lipinski definition) is 0. The van der Waals surface area contributed by atoms with Crippen LogP contribution in [0, 0.1) is 0 Å². The SMILES string of the molecule is CC1(C)Cc2c(sc3c2c(=O)n(CCc2ccccc2)c(=O)n3Cc2ccccc2)CO1. The predicted molar refractivity (Wildman–Crippen MR) is 129 cm³/mol. The van der Waals surface area contributed by atoms with Gasteiger partial charge in [0.25, 0.3) is 5.56 Å². The third-order valence-electron chi connectivity index (χ3n) is 6.09. The van der Waals surface area contributed by atoms with E-state index in [1.54, 1.807) is 4.57 Å². The fraction of sp³-hybridized carbons (Fsp3) is 0.308. The minimum atomic E-state index is -0.331. The molecule has 0 radical (unpaired) electrons. The lowest BCUT2D eigenvalue weighted by Crippen LogP contribution is -2.41. The van der Waals surface area contributed by atoms with Crippen molar-refractivity contribution in [3.63, 3.8) is 0 Å². The van der Waals surface area contributed by atoms with Gasteiger partial charge in [0.05, 0.1) is 24.1 Å². The van der Waals surface area contributed by atoms with Crippen molar-refractivity contribution in [1.29, 1.82) is 0 Å². The van der Waals surface area contributed by atoms with Crippen LogP contribution in [0.5, 0.6) is 0 Å². The van der Waals surface area contributed by atoms with Gasteiger partial charge in [-0.05, 0) is 37.0 Å². The van der Waals surface area contributed by atoms with Crippen molar-refractivity contribution in [3.8, 4) is 0 Å². The predicted octanol–water partition coefficient (Wildman–Crippen LogP) is 4.37. The molecule has 32 heavy (non-hydrogen) atoms. The lowest BCUT2D eigenvalue weighted by Gasteiger charge is -2.29. The van der Waals surface area contributed by atoms with Gasteiger partial charge in [0.1, 0.15) is 4.83 Å². The highest BCUT2D eigenvalue weighted by atomic mass is 32.1. The van der Waals surface area contributed by atoms with Crippen molar-refractivity contribution in [1.82, 2.24) is 9.13 Å². The summed E-state index contributed by atoms with van der Waals surface area (Å²) in [6, 6.07) is 19.9. The van der Waals surface area contributed by atoms with Gasteiger partial charge < -0.3 is 4.74 Å². The molecule has 4 aromatic rings. The van der Waals surface area contributed by atoms with E-state index in [0.717, 1.165) is 26.4 Å². The normalized spacial score (nSPS) is 15.1. The molecule has 0 bridgehead atoms. The molecule has 0 aliphatic carbocycles. The summed E-state index contributed by atoms with van der Waals surface area (Å²) in [5.74, 6) is 0. The Balaban J connectivity index is 1.69. The second-order valence-electron chi connectivity index (χ2n) is 8.96. The van der Waals surface area contributed by atoms with Crippen LogP contribution in [0.25, 0.3) is 10.2 Å². The molecule has 3 heterocycles. The molecule has 2 aromatic heterocycles. The number of ether oxygens (including phenoxy) is 1. The summed E-state index contributed by atoms with van der Waals surface area (Å²) in [6.45, 7) is 5.37. The van der Waals surface area contributed by atoms with Gasteiger partial charge >= 0.3 is 5.69 Å². The zero-order valence-electron chi connectivity index (χ0n) is 18.3. The van der Waals surface area contributed by atoms with Crippen molar-refractivity contribution in [2.75, 3.05) is 0 Å². The highest BCUT2D eigenvalue weighted by Gasteiger charge is 2.31. The van der Waals surface area contributed by atoms with Crippen LogP contribution in [0.4, 0.5) is 0 Å². The van der Waals surface area contributed by atoms with E-state index in [1.807, 2.05) is 74.5 Å². The average Bonchev–Trinajstić information content (AvgIpc) is 3.15. The van der Waals surface area contributed by atoms with Crippen molar-refractivity contribution >= 4 is 21.6 Å². The minimum absolute atomic E-state index is 0.180. The van der Waals surface area contributed by atoms with E-state index in [1.165, 1.54) is 15.9 Å². The van der Waals surface area contributed by atoms with Crippen LogP contribution in [-0.4, -0.2) is 14.7 Å². The summed E-state index contributed by atoms with van der Waals surface area (Å²) in [5.41, 5.74) is 2.42. The quantitative estimate of drug-likeness (QED) is 0.458. The highest BCUT2D eigenvalue weighted by Crippen LogP contribution is 2.37. The van der Waals surface area contributed by atoms with Crippen molar-refractivity contribution in [3.05, 3.63) is 103 Å². The Labute approximate surface area is 190 Å². The lowest BCUT2D eigenvalue weighted by molar-refractivity contribution is -0.0379. The third-order valence-corrected chi connectivity index (χ3v) is 7.31. The first kappa shape index (κ1) is 20.9. The van der Waals surface area contributed by atoms with Crippen LogP contribution in [-0.2, 0) is 37.3 Å². The zero-order chi connectivity index (χ0) is 22.3. The smallest absolute Gasteiger partial charge is 0.332 e. The van der Waals surface area contributed by atoms with Gasteiger partial charge in [0.2, 0.25) is 0 Å². The molecular weight excluding hydrogens is 420 g/mol. The molecule has 0 saturated heterocycles. The van der Waals surface area contributed by atoms with E-state index in [4.69, 9.17) is 4.74 Å². The van der Waals surface area contributed by atoms with E-state index < -0.39 is 0 Å². The molecule has 0 amide bonds. The van der Waals surface area contributed by atoms with Crippen LogP contribution >= 0.6 is 11.3 Å². The molecule has 1 aliphatic rings. The number of aryl methyl sites for hydroxylation is 1. The molecule has 0 fully saturated rings. The molecule has 0 spiro atoms. The van der Waals surface area contributed by atoms with E-state index in [0.29, 0.717) is 37.9 Å². The number of benzene rings is 2. The molecule has 0 N–H and O–H groups in total. The number of fused-ring (bicyclic) bond motifs is 3. The Morgan fingerprint density at radius 1 is 0.938 bits per heavy atom. The van der Waals surface area contributed by atoms with Crippen molar-refractivity contribution in [2.24, 2.45) is 0 Å². The summed E-state index contributed by atoms with van der Waals surface area (Å²) >= 11 is 1.52. The summed E-state index contributed by atoms with van der Waals surface area (Å²) in [7, 11) is 0. The summed E-state index contributed by atoms with van der Waals surface area (Å²) in [5, 5.41) is 0.685. The minimum Gasteiger partial charge on any atom is -0.370 e. The molecule has 5 nitrogen and oxygen atoms in total. The third kappa shape index (κ3) is 3.85. The van der Waals surface area contributed by atoms with Crippen LogP contribution in [0.3, 0.4) is 0 Å². The fourth-order valence-electron chi connectivity index (χ4n) is 4.39. The zero-order valence-corrected chi connectivity index (χ0v) is 19.2. The van der Waals surface area contributed by atoms with Gasteiger partial charge in [-0.15, -0.1) is 11.3 Å².